The number of pyridine rings is 1. The second-order valence-corrected chi connectivity index (χ2v) is 14.1. The molecule has 3 aliphatic carbocycles. The van der Waals surface area contributed by atoms with Crippen LogP contribution in [0.5, 0.6) is 0 Å². The molecular weight excluding hydrogens is 512 g/mol. The summed E-state index contributed by atoms with van der Waals surface area (Å²) >= 11 is 1.54. The van der Waals surface area contributed by atoms with Gasteiger partial charge in [0.25, 0.3) is 0 Å². The highest BCUT2D eigenvalue weighted by molar-refractivity contribution is 7.90. The maximum absolute atomic E-state index is 11.9. The van der Waals surface area contributed by atoms with Gasteiger partial charge in [-0.15, -0.1) is 11.3 Å². The Kier molecular flexibility index (Phi) is 6.33. The monoisotopic (exact) mass is 544 g/mol. The van der Waals surface area contributed by atoms with E-state index < -0.39 is 34.0 Å². The number of rotatable bonds is 9. The molecule has 37 heavy (non-hydrogen) atoms. The van der Waals surface area contributed by atoms with Crippen LogP contribution in [0, 0.1) is 11.8 Å². The Balaban J connectivity index is 1.34. The smallest absolute Gasteiger partial charge is 0.224 e. The topological polar surface area (TPSA) is 150 Å². The first-order chi connectivity index (χ1) is 17.7. The number of nitrogens with zero attached hydrogens (tertiary/aromatic N) is 4. The van der Waals surface area contributed by atoms with Gasteiger partial charge >= 0.3 is 0 Å². The molecular formula is C25H32N6O4S2. The maximum Gasteiger partial charge on any atom is 0.224 e. The molecule has 12 heteroatoms. The van der Waals surface area contributed by atoms with Crippen molar-refractivity contribution >= 4 is 43.2 Å². The van der Waals surface area contributed by atoms with Gasteiger partial charge in [0.05, 0.1) is 33.9 Å². The Labute approximate surface area is 219 Å². The van der Waals surface area contributed by atoms with Crippen LogP contribution in [-0.2, 0) is 9.84 Å². The summed E-state index contributed by atoms with van der Waals surface area (Å²) in [4.78, 5) is 18.9. The first-order valence-corrected chi connectivity index (χ1v) is 15.7. The van der Waals surface area contributed by atoms with E-state index in [1.165, 1.54) is 12.8 Å². The zero-order valence-corrected chi connectivity index (χ0v) is 22.5. The summed E-state index contributed by atoms with van der Waals surface area (Å²) < 4.78 is 24.8. The van der Waals surface area contributed by atoms with Crippen molar-refractivity contribution < 1.29 is 18.6 Å². The molecule has 3 fully saturated rings. The number of thiazole rings is 1. The molecule has 0 saturated heterocycles. The fourth-order valence-corrected chi connectivity index (χ4v) is 7.37. The molecule has 10 nitrogen and oxygen atoms in total. The van der Waals surface area contributed by atoms with Gasteiger partial charge in [0.1, 0.15) is 32.3 Å². The molecule has 3 aromatic heterocycles. The third-order valence-corrected chi connectivity index (χ3v) is 9.73. The molecule has 198 valence electrons. The lowest BCUT2D eigenvalue weighted by Crippen LogP contribution is -2.36. The molecule has 0 amide bonds. The van der Waals surface area contributed by atoms with Crippen molar-refractivity contribution in [3.63, 3.8) is 0 Å². The number of hydrogen-bond donors (Lipinski definition) is 4. The zero-order chi connectivity index (χ0) is 25.9. The van der Waals surface area contributed by atoms with Crippen LogP contribution in [0.1, 0.15) is 50.6 Å². The second kappa shape index (κ2) is 9.40. The first-order valence-electron chi connectivity index (χ1n) is 12.9. The lowest BCUT2D eigenvalue weighted by atomic mass is 10.1. The number of sulfone groups is 1. The van der Waals surface area contributed by atoms with E-state index in [9.17, 15) is 18.6 Å². The van der Waals surface area contributed by atoms with Crippen molar-refractivity contribution in [3.05, 3.63) is 24.2 Å². The number of aromatic nitrogens is 4. The Morgan fingerprint density at radius 3 is 2.62 bits per heavy atom. The minimum absolute atomic E-state index is 0.180. The summed E-state index contributed by atoms with van der Waals surface area (Å²) in [6.07, 6.45) is 7.39. The van der Waals surface area contributed by atoms with E-state index in [1.54, 1.807) is 17.5 Å². The van der Waals surface area contributed by atoms with E-state index in [1.807, 2.05) is 12.3 Å². The molecule has 3 saturated carbocycles. The largest absolute Gasteiger partial charge is 0.390 e. The molecule has 0 bridgehead atoms. The fraction of sp³-hybridized carbons (Fsp3) is 0.600. The SMILES string of the molecule is CC(Nc1ncc(-c2nc3c(C4CC4)nccc3s2)c(NC2CC(CS(C)(=O)=O)C(O)C2O)n1)C1CC1. The van der Waals surface area contributed by atoms with Gasteiger partial charge in [0.15, 0.2) is 0 Å². The van der Waals surface area contributed by atoms with Gasteiger partial charge < -0.3 is 20.8 Å². The van der Waals surface area contributed by atoms with Gasteiger partial charge in [-0.2, -0.15) is 4.98 Å². The fourth-order valence-electron chi connectivity index (χ4n) is 5.28. The third-order valence-electron chi connectivity index (χ3n) is 7.65. The highest BCUT2D eigenvalue weighted by Crippen LogP contribution is 2.44. The Hall–Kier alpha value is -2.41. The normalized spacial score (nSPS) is 26.9. The summed E-state index contributed by atoms with van der Waals surface area (Å²) in [5, 5.41) is 28.8. The Morgan fingerprint density at radius 1 is 1.14 bits per heavy atom. The van der Waals surface area contributed by atoms with Crippen LogP contribution >= 0.6 is 11.3 Å². The van der Waals surface area contributed by atoms with Crippen LogP contribution in [0.25, 0.3) is 20.8 Å². The van der Waals surface area contributed by atoms with Gasteiger partial charge in [-0.3, -0.25) is 4.98 Å². The van der Waals surface area contributed by atoms with Crippen LogP contribution < -0.4 is 10.6 Å². The Bertz CT molecular complexity index is 1420. The van der Waals surface area contributed by atoms with Crippen LogP contribution in [0.15, 0.2) is 18.5 Å². The molecule has 0 aliphatic heterocycles. The van der Waals surface area contributed by atoms with Gasteiger partial charge in [-0.1, -0.05) is 0 Å². The van der Waals surface area contributed by atoms with Crippen molar-refractivity contribution in [2.24, 2.45) is 11.8 Å². The van der Waals surface area contributed by atoms with Crippen molar-refractivity contribution in [2.45, 2.75) is 69.2 Å². The number of fused-ring (bicyclic) bond motifs is 1. The van der Waals surface area contributed by atoms with E-state index in [4.69, 9.17) is 9.97 Å². The van der Waals surface area contributed by atoms with E-state index in [0.717, 1.165) is 40.0 Å². The average molecular weight is 545 g/mol. The molecule has 6 rings (SSSR count). The third kappa shape index (κ3) is 5.29. The molecule has 5 atom stereocenters. The van der Waals surface area contributed by atoms with E-state index in [-0.39, 0.29) is 11.8 Å². The van der Waals surface area contributed by atoms with E-state index in [2.05, 4.69) is 27.5 Å². The van der Waals surface area contributed by atoms with Crippen LogP contribution in [0.2, 0.25) is 0 Å². The quantitative estimate of drug-likeness (QED) is 0.317. The number of aliphatic hydroxyl groups excluding tert-OH is 2. The molecule has 0 spiro atoms. The van der Waals surface area contributed by atoms with Gasteiger partial charge in [0, 0.05) is 36.5 Å². The average Bonchev–Trinajstić information content (AvgIpc) is 3.77. The maximum atomic E-state index is 11.9. The van der Waals surface area contributed by atoms with Gasteiger partial charge in [0.2, 0.25) is 5.95 Å². The first kappa shape index (κ1) is 24.9. The van der Waals surface area contributed by atoms with Gasteiger partial charge in [-0.05, 0) is 51.0 Å². The number of aliphatic hydroxyl groups is 2. The number of hydrogen-bond acceptors (Lipinski definition) is 11. The highest BCUT2D eigenvalue weighted by atomic mass is 32.2. The molecule has 0 aromatic carbocycles. The van der Waals surface area contributed by atoms with Crippen molar-refractivity contribution in [2.75, 3.05) is 22.6 Å². The predicted molar refractivity (Wildman–Crippen MR) is 143 cm³/mol. The molecule has 3 aromatic rings. The highest BCUT2D eigenvalue weighted by Gasteiger charge is 2.43. The van der Waals surface area contributed by atoms with E-state index in [0.29, 0.717) is 35.6 Å². The minimum Gasteiger partial charge on any atom is -0.390 e. The van der Waals surface area contributed by atoms with Crippen LogP contribution in [-0.4, -0.2) is 74.9 Å². The summed E-state index contributed by atoms with van der Waals surface area (Å²) in [6.45, 7) is 2.12. The minimum atomic E-state index is -3.30. The van der Waals surface area contributed by atoms with Crippen LogP contribution in [0.4, 0.5) is 11.8 Å². The lowest BCUT2D eigenvalue weighted by molar-refractivity contribution is 0.0216. The van der Waals surface area contributed by atoms with Crippen LogP contribution in [0.3, 0.4) is 0 Å². The second-order valence-electron chi connectivity index (χ2n) is 10.9. The summed E-state index contributed by atoms with van der Waals surface area (Å²) in [6, 6.07) is 1.64. The summed E-state index contributed by atoms with van der Waals surface area (Å²) in [7, 11) is -3.30. The number of nitrogens with one attached hydrogen (secondary N) is 2. The lowest BCUT2D eigenvalue weighted by Gasteiger charge is -2.21. The molecule has 3 aliphatic rings. The van der Waals surface area contributed by atoms with E-state index >= 15 is 0 Å². The Morgan fingerprint density at radius 2 is 1.92 bits per heavy atom. The standard InChI is InChI=1S/C25H32N6O4S2/c1-12(13-3-4-13)28-25-27-10-16(24-30-20-18(36-24)7-8-26-19(20)14-5-6-14)23(31-25)29-17-9-15(11-37(2,34)35)21(32)22(17)33/h7-8,10,12-15,17,21-22,32-33H,3-6,9,11H2,1-2H3,(H2,27,28,29,31). The van der Waals surface area contributed by atoms with Crippen molar-refractivity contribution in [3.8, 4) is 10.6 Å². The van der Waals surface area contributed by atoms with Crippen molar-refractivity contribution in [1.82, 2.24) is 19.9 Å². The molecule has 5 unspecified atom stereocenters. The zero-order valence-electron chi connectivity index (χ0n) is 20.8. The predicted octanol–water partition coefficient (Wildman–Crippen LogP) is 2.80. The molecule has 4 N–H and O–H groups in total. The number of anilines is 2. The summed E-state index contributed by atoms with van der Waals surface area (Å²) in [5.74, 6) is 1.31. The molecule has 0 radical (unpaired) electrons. The van der Waals surface area contributed by atoms with Gasteiger partial charge in [-0.25, -0.2) is 18.4 Å². The van der Waals surface area contributed by atoms with Crippen molar-refractivity contribution in [1.29, 1.82) is 0 Å². The molecule has 3 heterocycles. The summed E-state index contributed by atoms with van der Waals surface area (Å²) in [5.41, 5.74) is 2.63.